The number of methoxy groups -OCH3 is 3. The molecule has 0 aliphatic heterocycles. The summed E-state index contributed by atoms with van der Waals surface area (Å²) in [5, 5.41) is 3.23. The minimum absolute atomic E-state index is 0.0525. The molecule has 0 aromatic heterocycles. The van der Waals surface area contributed by atoms with Crippen molar-refractivity contribution in [1.82, 2.24) is 10.2 Å². The predicted molar refractivity (Wildman–Crippen MR) is 157 cm³/mol. The number of amides is 2. The normalized spacial score (nSPS) is 17.6. The van der Waals surface area contributed by atoms with Gasteiger partial charge in [0.15, 0.2) is 23.0 Å². The van der Waals surface area contributed by atoms with Crippen molar-refractivity contribution < 1.29 is 28.5 Å². The topological polar surface area (TPSA) is 86.3 Å². The SMILES string of the molecule is COc1ccc(CCN(C(=O)CCl)C(C(=O)NC2CCC(C)CC2)c2ccc(OC(C)C)c(OC)c2)cc1OC. The van der Waals surface area contributed by atoms with Crippen LogP contribution >= 0.6 is 11.6 Å². The summed E-state index contributed by atoms with van der Waals surface area (Å²) >= 11 is 6.10. The maximum Gasteiger partial charge on any atom is 0.247 e. The second-order valence-corrected chi connectivity index (χ2v) is 10.9. The van der Waals surface area contributed by atoms with Crippen LogP contribution in [0, 0.1) is 5.92 Å². The molecule has 2 aromatic rings. The van der Waals surface area contributed by atoms with Crippen molar-refractivity contribution in [2.45, 2.75) is 71.1 Å². The van der Waals surface area contributed by atoms with Crippen LogP contribution in [-0.4, -0.2) is 62.6 Å². The second-order valence-electron chi connectivity index (χ2n) is 10.6. The fourth-order valence-electron chi connectivity index (χ4n) is 5.12. The molecule has 1 unspecified atom stereocenters. The Balaban J connectivity index is 1.97. The van der Waals surface area contributed by atoms with Gasteiger partial charge in [-0.05, 0) is 87.3 Å². The average molecular weight is 575 g/mol. The van der Waals surface area contributed by atoms with Gasteiger partial charge in [-0.2, -0.15) is 0 Å². The monoisotopic (exact) mass is 574 g/mol. The maximum absolute atomic E-state index is 14.0. The Hall–Kier alpha value is -3.13. The first-order valence-corrected chi connectivity index (χ1v) is 14.4. The number of hydrogen-bond donors (Lipinski definition) is 1. The van der Waals surface area contributed by atoms with E-state index in [-0.39, 0.29) is 36.4 Å². The van der Waals surface area contributed by atoms with E-state index in [9.17, 15) is 9.59 Å². The highest BCUT2D eigenvalue weighted by Gasteiger charge is 2.33. The molecule has 1 aliphatic carbocycles. The summed E-state index contributed by atoms with van der Waals surface area (Å²) in [6.07, 6.45) is 4.39. The van der Waals surface area contributed by atoms with Crippen molar-refractivity contribution in [1.29, 1.82) is 0 Å². The highest BCUT2D eigenvalue weighted by atomic mass is 35.5. The Morgan fingerprint density at radius 1 is 0.925 bits per heavy atom. The molecular formula is C31H43ClN2O6. The first kappa shape index (κ1) is 31.4. The van der Waals surface area contributed by atoms with Gasteiger partial charge in [0.25, 0.3) is 0 Å². The molecule has 2 amide bonds. The van der Waals surface area contributed by atoms with Crippen LogP contribution in [0.2, 0.25) is 0 Å². The standard InChI is InChI=1S/C31H43ClN2O6/c1-20(2)40-26-14-10-23(18-28(26)39-6)30(31(36)33-24-11-7-21(3)8-12-24)34(29(35)19-32)16-15-22-9-13-25(37-4)27(17-22)38-5/h9-10,13-14,17-18,20-21,24,30H,7-8,11-12,15-16,19H2,1-6H3,(H,33,36). The molecule has 1 aliphatic rings. The van der Waals surface area contributed by atoms with E-state index in [1.54, 1.807) is 38.4 Å². The van der Waals surface area contributed by atoms with Crippen LogP contribution in [0.1, 0.15) is 63.6 Å². The number of carbonyl (C=O) groups excluding carboxylic acids is 2. The quantitative estimate of drug-likeness (QED) is 0.316. The summed E-state index contributed by atoms with van der Waals surface area (Å²) in [5.41, 5.74) is 1.56. The van der Waals surface area contributed by atoms with E-state index in [1.165, 1.54) is 0 Å². The Kier molecular flexibility index (Phi) is 11.8. The summed E-state index contributed by atoms with van der Waals surface area (Å²) in [6, 6.07) is 10.2. The van der Waals surface area contributed by atoms with E-state index >= 15 is 0 Å². The Labute approximate surface area is 243 Å². The fourth-order valence-corrected chi connectivity index (χ4v) is 5.28. The van der Waals surface area contributed by atoms with E-state index in [2.05, 4.69) is 12.2 Å². The lowest BCUT2D eigenvalue weighted by molar-refractivity contribution is -0.139. The third-order valence-corrected chi connectivity index (χ3v) is 7.54. The zero-order valence-electron chi connectivity index (χ0n) is 24.5. The summed E-state index contributed by atoms with van der Waals surface area (Å²) in [6.45, 7) is 6.38. The minimum atomic E-state index is -0.896. The van der Waals surface area contributed by atoms with E-state index in [0.717, 1.165) is 31.2 Å². The van der Waals surface area contributed by atoms with E-state index in [4.69, 9.17) is 30.5 Å². The number of hydrogen-bond acceptors (Lipinski definition) is 6. The van der Waals surface area contributed by atoms with Crippen molar-refractivity contribution >= 4 is 23.4 Å². The summed E-state index contributed by atoms with van der Waals surface area (Å²) < 4.78 is 22.3. The number of carbonyl (C=O) groups is 2. The van der Waals surface area contributed by atoms with Crippen LogP contribution in [0.4, 0.5) is 0 Å². The van der Waals surface area contributed by atoms with Crippen molar-refractivity contribution in [2.75, 3.05) is 33.8 Å². The summed E-state index contributed by atoms with van der Waals surface area (Å²) in [5.74, 6) is 2.12. The number of rotatable bonds is 13. The third kappa shape index (κ3) is 8.19. The van der Waals surface area contributed by atoms with Crippen molar-refractivity contribution in [2.24, 2.45) is 5.92 Å². The molecule has 9 heteroatoms. The molecule has 0 heterocycles. The maximum atomic E-state index is 14.0. The lowest BCUT2D eigenvalue weighted by atomic mass is 9.87. The van der Waals surface area contributed by atoms with Crippen LogP contribution in [-0.2, 0) is 16.0 Å². The minimum Gasteiger partial charge on any atom is -0.493 e. The number of nitrogens with one attached hydrogen (secondary N) is 1. The van der Waals surface area contributed by atoms with Crippen molar-refractivity contribution in [3.05, 3.63) is 47.5 Å². The molecular weight excluding hydrogens is 532 g/mol. The largest absolute Gasteiger partial charge is 0.493 e. The zero-order valence-corrected chi connectivity index (χ0v) is 25.3. The Morgan fingerprint density at radius 2 is 1.55 bits per heavy atom. The number of alkyl halides is 1. The molecule has 0 saturated heterocycles. The molecule has 0 spiro atoms. The number of halogens is 1. The van der Waals surface area contributed by atoms with Gasteiger partial charge in [-0.1, -0.05) is 19.1 Å². The van der Waals surface area contributed by atoms with Gasteiger partial charge in [0, 0.05) is 12.6 Å². The predicted octanol–water partition coefficient (Wildman–Crippen LogP) is 5.55. The van der Waals surface area contributed by atoms with Gasteiger partial charge in [0.1, 0.15) is 11.9 Å². The Morgan fingerprint density at radius 3 is 2.15 bits per heavy atom. The van der Waals surface area contributed by atoms with Gasteiger partial charge in [0.05, 0.1) is 27.4 Å². The van der Waals surface area contributed by atoms with Crippen molar-refractivity contribution in [3.8, 4) is 23.0 Å². The fraction of sp³-hybridized carbons (Fsp3) is 0.548. The smallest absolute Gasteiger partial charge is 0.247 e. The van der Waals surface area contributed by atoms with E-state index in [1.807, 2.05) is 38.1 Å². The van der Waals surface area contributed by atoms with Gasteiger partial charge in [-0.3, -0.25) is 9.59 Å². The van der Waals surface area contributed by atoms with Crippen LogP contribution in [0.5, 0.6) is 23.0 Å². The zero-order chi connectivity index (χ0) is 29.2. The molecule has 0 bridgehead atoms. The third-order valence-electron chi connectivity index (χ3n) is 7.31. The molecule has 220 valence electrons. The van der Waals surface area contributed by atoms with E-state index in [0.29, 0.717) is 40.9 Å². The molecule has 1 fully saturated rings. The Bertz CT molecular complexity index is 1130. The molecule has 1 atom stereocenters. The van der Waals surface area contributed by atoms with Gasteiger partial charge < -0.3 is 29.2 Å². The first-order valence-electron chi connectivity index (χ1n) is 13.9. The second kappa shape index (κ2) is 15.0. The van der Waals surface area contributed by atoms with Crippen LogP contribution in [0.25, 0.3) is 0 Å². The van der Waals surface area contributed by atoms with Gasteiger partial charge in [-0.15, -0.1) is 11.6 Å². The summed E-state index contributed by atoms with van der Waals surface area (Å²) in [4.78, 5) is 28.8. The summed E-state index contributed by atoms with van der Waals surface area (Å²) in [7, 11) is 4.72. The molecule has 0 radical (unpaired) electrons. The highest BCUT2D eigenvalue weighted by Crippen LogP contribution is 2.34. The molecule has 1 N–H and O–H groups in total. The van der Waals surface area contributed by atoms with Crippen LogP contribution in [0.15, 0.2) is 36.4 Å². The molecule has 3 rings (SSSR count). The van der Waals surface area contributed by atoms with Gasteiger partial charge in [-0.25, -0.2) is 0 Å². The number of nitrogens with zero attached hydrogens (tertiary/aromatic N) is 1. The van der Waals surface area contributed by atoms with Crippen LogP contribution in [0.3, 0.4) is 0 Å². The lowest BCUT2D eigenvalue weighted by Crippen LogP contribution is -2.48. The average Bonchev–Trinajstić information content (AvgIpc) is 2.95. The van der Waals surface area contributed by atoms with E-state index < -0.39 is 6.04 Å². The highest BCUT2D eigenvalue weighted by molar-refractivity contribution is 6.27. The molecule has 8 nitrogen and oxygen atoms in total. The van der Waals surface area contributed by atoms with Crippen LogP contribution < -0.4 is 24.3 Å². The molecule has 2 aromatic carbocycles. The van der Waals surface area contributed by atoms with Gasteiger partial charge >= 0.3 is 0 Å². The first-order chi connectivity index (χ1) is 19.2. The van der Waals surface area contributed by atoms with Crippen molar-refractivity contribution in [3.63, 3.8) is 0 Å². The molecule has 1 saturated carbocycles. The number of benzene rings is 2. The van der Waals surface area contributed by atoms with Gasteiger partial charge in [0.2, 0.25) is 11.8 Å². The molecule has 40 heavy (non-hydrogen) atoms. The number of ether oxygens (including phenoxy) is 4. The lowest BCUT2D eigenvalue weighted by Gasteiger charge is -2.34.